The van der Waals surface area contributed by atoms with E-state index in [1.807, 2.05) is 13.0 Å². The van der Waals surface area contributed by atoms with Crippen LogP contribution in [0.1, 0.15) is 70.1 Å². The van der Waals surface area contributed by atoms with Gasteiger partial charge < -0.3 is 19.1 Å². The molecule has 48 heavy (non-hydrogen) atoms. The number of hydrogen-bond acceptors (Lipinski definition) is 8. The summed E-state index contributed by atoms with van der Waals surface area (Å²) < 4.78 is 64.5. The molecule has 1 unspecified atom stereocenters. The van der Waals surface area contributed by atoms with E-state index in [2.05, 4.69) is 16.7 Å². The maximum Gasteiger partial charge on any atom is 0.319 e. The summed E-state index contributed by atoms with van der Waals surface area (Å²) in [7, 11) is 1.53. The van der Waals surface area contributed by atoms with Crippen molar-refractivity contribution in [2.24, 2.45) is 0 Å². The average molecular weight is 662 g/mol. The molecule has 8 nitrogen and oxygen atoms in total. The lowest BCUT2D eigenvalue weighted by molar-refractivity contribution is 0.0512. The Morgan fingerprint density at radius 1 is 0.979 bits per heavy atom. The highest BCUT2D eigenvalue weighted by Gasteiger charge is 2.49. The molecule has 0 spiro atoms. The first kappa shape index (κ1) is 31.6. The Morgan fingerprint density at radius 2 is 1.85 bits per heavy atom. The topological polar surface area (TPSA) is 72.8 Å². The van der Waals surface area contributed by atoms with Crippen LogP contribution in [0.4, 0.5) is 19.0 Å². The Balaban J connectivity index is 1.34. The molecule has 4 aliphatic heterocycles. The molecule has 2 aromatic carbocycles. The number of ether oxygens (including phenoxy) is 3. The molecular weight excluding hydrogens is 619 g/mol. The number of hydrogen-bond donors (Lipinski definition) is 0. The fourth-order valence-corrected chi connectivity index (χ4v) is 8.89. The minimum Gasteiger partial charge on any atom is -0.468 e. The lowest BCUT2D eigenvalue weighted by atomic mass is 9.85. The summed E-state index contributed by atoms with van der Waals surface area (Å²) in [6.07, 6.45) is 6.26. The molecule has 4 aliphatic rings. The number of halogens is 3. The van der Waals surface area contributed by atoms with Crippen LogP contribution in [0.5, 0.6) is 11.8 Å². The molecule has 8 rings (SSSR count). The van der Waals surface area contributed by atoms with Crippen molar-refractivity contribution < 1.29 is 27.4 Å². The first-order valence-corrected chi connectivity index (χ1v) is 17.3. The molecule has 0 aliphatic carbocycles. The summed E-state index contributed by atoms with van der Waals surface area (Å²) in [5, 5.41) is 1.90. The van der Waals surface area contributed by atoms with Crippen LogP contribution in [0.3, 0.4) is 0 Å². The average Bonchev–Trinajstić information content (AvgIpc) is 3.57. The van der Waals surface area contributed by atoms with Gasteiger partial charge in [-0.2, -0.15) is 9.97 Å². The molecular formula is C37H42F3N5O3. The molecule has 254 valence electrons. The van der Waals surface area contributed by atoms with E-state index in [-0.39, 0.29) is 42.0 Å². The number of rotatable bonds is 8. The largest absolute Gasteiger partial charge is 0.468 e. The van der Waals surface area contributed by atoms with Crippen molar-refractivity contribution in [1.29, 1.82) is 0 Å². The Hall–Kier alpha value is -3.70. The fourth-order valence-electron chi connectivity index (χ4n) is 8.89. The van der Waals surface area contributed by atoms with Gasteiger partial charge >= 0.3 is 6.01 Å². The molecule has 0 bridgehead atoms. The number of pyridine rings is 1. The van der Waals surface area contributed by atoms with Gasteiger partial charge in [0.1, 0.15) is 41.4 Å². The van der Waals surface area contributed by atoms with Crippen molar-refractivity contribution >= 4 is 27.5 Å². The molecule has 3 saturated heterocycles. The quantitative estimate of drug-likeness (QED) is 0.182. The van der Waals surface area contributed by atoms with Gasteiger partial charge in [-0.15, -0.1) is 0 Å². The van der Waals surface area contributed by atoms with Crippen LogP contribution in [0.2, 0.25) is 0 Å². The van der Waals surface area contributed by atoms with Gasteiger partial charge in [0.25, 0.3) is 0 Å². The number of methoxy groups -OCH3 is 1. The van der Waals surface area contributed by atoms with Crippen molar-refractivity contribution in [2.75, 3.05) is 45.0 Å². The molecule has 6 heterocycles. The van der Waals surface area contributed by atoms with E-state index in [9.17, 15) is 4.39 Å². The summed E-state index contributed by atoms with van der Waals surface area (Å²) in [4.78, 5) is 19.3. The molecule has 0 N–H and O–H groups in total. The highest BCUT2D eigenvalue weighted by atomic mass is 19.1. The Morgan fingerprint density at radius 3 is 2.69 bits per heavy atom. The Kier molecular flexibility index (Phi) is 7.90. The summed E-state index contributed by atoms with van der Waals surface area (Å²) in [5.41, 5.74) is 1.24. The second kappa shape index (κ2) is 12.0. The molecule has 4 aromatic rings. The van der Waals surface area contributed by atoms with E-state index in [1.165, 1.54) is 13.2 Å². The molecule has 2 aromatic heterocycles. The molecule has 3 fully saturated rings. The lowest BCUT2D eigenvalue weighted by Crippen LogP contribution is -2.50. The van der Waals surface area contributed by atoms with Gasteiger partial charge in [-0.3, -0.25) is 4.90 Å². The van der Waals surface area contributed by atoms with Crippen LogP contribution in [0, 0.1) is 11.6 Å². The highest BCUT2D eigenvalue weighted by Crippen LogP contribution is 2.46. The molecule has 11 heteroatoms. The number of alkyl halides is 1. The van der Waals surface area contributed by atoms with Crippen molar-refractivity contribution in [1.82, 2.24) is 19.9 Å². The van der Waals surface area contributed by atoms with Crippen molar-refractivity contribution in [2.45, 2.75) is 88.9 Å². The van der Waals surface area contributed by atoms with Gasteiger partial charge in [0.2, 0.25) is 0 Å². The fraction of sp³-hybridized carbons (Fsp3) is 0.541. The minimum absolute atomic E-state index is 0.000564. The summed E-state index contributed by atoms with van der Waals surface area (Å²) in [5.74, 6) is 0.120. The van der Waals surface area contributed by atoms with Crippen molar-refractivity contribution in [3.63, 3.8) is 0 Å². The zero-order chi connectivity index (χ0) is 33.2. The van der Waals surface area contributed by atoms with Crippen LogP contribution in [0.15, 0.2) is 24.3 Å². The van der Waals surface area contributed by atoms with E-state index in [4.69, 9.17) is 29.2 Å². The van der Waals surface area contributed by atoms with Crippen molar-refractivity contribution in [3.8, 4) is 23.0 Å². The zero-order valence-electron chi connectivity index (χ0n) is 27.9. The molecule has 0 saturated carbocycles. The molecule has 3 atom stereocenters. The highest BCUT2D eigenvalue weighted by molar-refractivity contribution is 6.02. The molecule has 0 radical (unpaired) electrons. The van der Waals surface area contributed by atoms with Gasteiger partial charge in [-0.25, -0.2) is 18.2 Å². The number of piperidine rings is 1. The number of aromatic nitrogens is 3. The summed E-state index contributed by atoms with van der Waals surface area (Å²) in [6.45, 7) is 6.41. The van der Waals surface area contributed by atoms with E-state index in [0.29, 0.717) is 70.4 Å². The number of nitrogens with zero attached hydrogens (tertiary/aromatic N) is 5. The van der Waals surface area contributed by atoms with Gasteiger partial charge in [0.05, 0.1) is 16.6 Å². The lowest BCUT2D eigenvalue weighted by Gasteiger charge is -2.45. The number of benzene rings is 2. The maximum atomic E-state index is 17.3. The van der Waals surface area contributed by atoms with Crippen LogP contribution in [0.25, 0.3) is 32.9 Å². The van der Waals surface area contributed by atoms with Gasteiger partial charge in [-0.05, 0) is 99.4 Å². The standard InChI is InChI=1S/C37H42F3N5O3/c1-4-25-27(39)9-8-22-16-24(48-21-46-3)17-26(29(22)25)32-31(40)33-30-28(41-32)10-13-36(2)11-5-6-15-45(36)34(30)43-35(42-33)47-20-37-12-7-14-44(37)19-23(38)18-37/h8-9,16-17,23H,4-7,10-15,18-21H2,1-3H3/t23-,36?,37+/m1/s1. The van der Waals surface area contributed by atoms with Gasteiger partial charge in [0.15, 0.2) is 12.6 Å². The number of aryl methyl sites for hydroxylation is 2. The number of fused-ring (bicyclic) bond motifs is 4. The second-order valence-electron chi connectivity index (χ2n) is 14.2. The summed E-state index contributed by atoms with van der Waals surface area (Å²) >= 11 is 0. The Bertz CT molecular complexity index is 1910. The first-order chi connectivity index (χ1) is 23.2. The Labute approximate surface area is 278 Å². The predicted octanol–water partition coefficient (Wildman–Crippen LogP) is 7.32. The van der Waals surface area contributed by atoms with Gasteiger partial charge in [0, 0.05) is 37.7 Å². The van der Waals surface area contributed by atoms with Crippen molar-refractivity contribution in [3.05, 3.63) is 47.2 Å². The van der Waals surface area contributed by atoms with Crippen LogP contribution >= 0.6 is 0 Å². The van der Waals surface area contributed by atoms with Crippen LogP contribution in [-0.2, 0) is 17.6 Å². The molecule has 0 amide bonds. The van der Waals surface area contributed by atoms with Crippen LogP contribution in [-0.4, -0.2) is 77.2 Å². The predicted molar refractivity (Wildman–Crippen MR) is 179 cm³/mol. The number of anilines is 1. The van der Waals surface area contributed by atoms with E-state index in [1.54, 1.807) is 12.1 Å². The summed E-state index contributed by atoms with van der Waals surface area (Å²) in [6, 6.07) is 6.73. The van der Waals surface area contributed by atoms with Gasteiger partial charge in [-0.1, -0.05) is 13.0 Å². The zero-order valence-corrected chi connectivity index (χ0v) is 27.9. The normalized spacial score (nSPS) is 25.4. The van der Waals surface area contributed by atoms with E-state index < -0.39 is 17.5 Å². The first-order valence-electron chi connectivity index (χ1n) is 17.3. The monoisotopic (exact) mass is 661 g/mol. The third-order valence-electron chi connectivity index (χ3n) is 11.3. The minimum atomic E-state index is -0.893. The third-order valence-corrected chi connectivity index (χ3v) is 11.3. The van der Waals surface area contributed by atoms with Crippen LogP contribution < -0.4 is 14.4 Å². The van der Waals surface area contributed by atoms with E-state index in [0.717, 1.165) is 51.6 Å². The SMILES string of the molecule is CCc1c(F)ccc2cc(OCOC)cc(-c3nc4c5c(nc(OC[C@@]67CCCN6C[C@H](F)C7)nc5c3F)N3CCCCC3(C)CC4)c12. The second-order valence-corrected chi connectivity index (χ2v) is 14.2. The maximum absolute atomic E-state index is 17.3. The third kappa shape index (κ3) is 5.07. The van der Waals surface area contributed by atoms with E-state index >= 15 is 8.78 Å². The smallest absolute Gasteiger partial charge is 0.319 e.